The first-order chi connectivity index (χ1) is 22.0. The average Bonchev–Trinajstić information content (AvgIpc) is 3.31. The van der Waals surface area contributed by atoms with Gasteiger partial charge in [0.05, 0.1) is 5.52 Å². The van der Waals surface area contributed by atoms with Crippen LogP contribution in [0.1, 0.15) is 25.0 Å². The Balaban J connectivity index is 1.06. The number of hydrogen-bond donors (Lipinski definition) is 0. The number of nitrogens with zero attached hydrogens (tertiary/aromatic N) is 1. The summed E-state index contributed by atoms with van der Waals surface area (Å²) in [5.74, 6) is 2.96. The molecule has 3 nitrogen and oxygen atoms in total. The van der Waals surface area contributed by atoms with Crippen molar-refractivity contribution in [3.05, 3.63) is 151 Å². The first-order valence-electron chi connectivity index (χ1n) is 15.4. The van der Waals surface area contributed by atoms with Crippen molar-refractivity contribution in [2.45, 2.75) is 19.3 Å². The molecule has 45 heavy (non-hydrogen) atoms. The maximum Gasteiger partial charge on any atom is 0.170 e. The number of benzene rings is 6. The van der Waals surface area contributed by atoms with Gasteiger partial charge in [0.15, 0.2) is 23.0 Å². The van der Waals surface area contributed by atoms with E-state index in [-0.39, 0.29) is 5.41 Å². The SMILES string of the molecule is CC1(C)c2ccccc2-c2cc3c(cc21)Oc1ccc(-c2ccccc2-c2ccc(-c4cccc5cccnc45)cc2)cc1O3. The fourth-order valence-corrected chi connectivity index (χ4v) is 7.10. The minimum atomic E-state index is -0.0951. The third kappa shape index (κ3) is 4.01. The Morgan fingerprint density at radius 3 is 1.87 bits per heavy atom. The highest BCUT2D eigenvalue weighted by atomic mass is 16.6. The van der Waals surface area contributed by atoms with Crippen molar-refractivity contribution in [2.24, 2.45) is 0 Å². The Kier molecular flexibility index (Phi) is 5.54. The number of aromatic nitrogens is 1. The van der Waals surface area contributed by atoms with Crippen molar-refractivity contribution in [1.82, 2.24) is 4.98 Å². The molecular weight excluding hydrogens is 550 g/mol. The molecule has 0 spiro atoms. The third-order valence-electron chi connectivity index (χ3n) is 9.41. The Hall–Kier alpha value is -5.67. The van der Waals surface area contributed by atoms with Gasteiger partial charge in [-0.2, -0.15) is 0 Å². The minimum absolute atomic E-state index is 0.0951. The third-order valence-corrected chi connectivity index (χ3v) is 9.41. The van der Waals surface area contributed by atoms with Gasteiger partial charge in [-0.25, -0.2) is 0 Å². The van der Waals surface area contributed by atoms with Gasteiger partial charge in [0, 0.05) is 22.6 Å². The summed E-state index contributed by atoms with van der Waals surface area (Å²) >= 11 is 0. The maximum absolute atomic E-state index is 6.56. The van der Waals surface area contributed by atoms with Gasteiger partial charge < -0.3 is 9.47 Å². The molecule has 2 aliphatic rings. The Labute approximate surface area is 262 Å². The van der Waals surface area contributed by atoms with E-state index in [0.29, 0.717) is 0 Å². The molecule has 7 aromatic rings. The molecule has 0 saturated carbocycles. The molecule has 0 fully saturated rings. The van der Waals surface area contributed by atoms with Crippen molar-refractivity contribution in [2.75, 3.05) is 0 Å². The fraction of sp³-hybridized carbons (Fsp3) is 0.0714. The summed E-state index contributed by atoms with van der Waals surface area (Å²) in [6, 6.07) is 46.9. The summed E-state index contributed by atoms with van der Waals surface area (Å²) in [7, 11) is 0. The molecule has 2 heterocycles. The van der Waals surface area contributed by atoms with Crippen molar-refractivity contribution < 1.29 is 9.47 Å². The first kappa shape index (κ1) is 25.8. The Bertz CT molecular complexity index is 2290. The van der Waals surface area contributed by atoms with E-state index < -0.39 is 0 Å². The highest BCUT2D eigenvalue weighted by Crippen LogP contribution is 2.55. The topological polar surface area (TPSA) is 31.4 Å². The van der Waals surface area contributed by atoms with E-state index in [1.807, 2.05) is 18.3 Å². The molecule has 0 N–H and O–H groups in total. The number of fused-ring (bicyclic) bond motifs is 6. The molecular formula is C42H29NO2. The fourth-order valence-electron chi connectivity index (χ4n) is 7.10. The van der Waals surface area contributed by atoms with Gasteiger partial charge in [-0.05, 0) is 80.4 Å². The van der Waals surface area contributed by atoms with Crippen LogP contribution in [0.25, 0.3) is 55.4 Å². The van der Waals surface area contributed by atoms with Crippen LogP contribution in [0, 0.1) is 0 Å². The predicted molar refractivity (Wildman–Crippen MR) is 182 cm³/mol. The molecule has 0 atom stereocenters. The summed E-state index contributed by atoms with van der Waals surface area (Å²) in [4.78, 5) is 4.65. The zero-order chi connectivity index (χ0) is 30.1. The maximum atomic E-state index is 6.56. The summed E-state index contributed by atoms with van der Waals surface area (Å²) in [5, 5.41) is 1.14. The number of pyridine rings is 1. The van der Waals surface area contributed by atoms with Gasteiger partial charge in [0.25, 0.3) is 0 Å². The van der Waals surface area contributed by atoms with Gasteiger partial charge in [0.1, 0.15) is 0 Å². The highest BCUT2D eigenvalue weighted by molar-refractivity contribution is 5.94. The van der Waals surface area contributed by atoms with Crippen LogP contribution in [-0.4, -0.2) is 4.98 Å². The van der Waals surface area contributed by atoms with Crippen LogP contribution in [0.3, 0.4) is 0 Å². The van der Waals surface area contributed by atoms with Gasteiger partial charge in [-0.1, -0.05) is 117 Å². The van der Waals surface area contributed by atoms with E-state index >= 15 is 0 Å². The van der Waals surface area contributed by atoms with Crippen molar-refractivity contribution in [1.29, 1.82) is 0 Å². The van der Waals surface area contributed by atoms with Crippen molar-refractivity contribution >= 4 is 10.9 Å². The molecule has 1 aliphatic heterocycles. The molecule has 6 aromatic carbocycles. The number of para-hydroxylation sites is 1. The smallest absolute Gasteiger partial charge is 0.170 e. The molecule has 0 radical (unpaired) electrons. The lowest BCUT2D eigenvalue weighted by molar-refractivity contribution is 0.359. The molecule has 0 saturated heterocycles. The summed E-state index contributed by atoms with van der Waals surface area (Å²) < 4.78 is 13.0. The summed E-state index contributed by atoms with van der Waals surface area (Å²) in [5.41, 5.74) is 12.8. The van der Waals surface area contributed by atoms with Crippen LogP contribution >= 0.6 is 0 Å². The van der Waals surface area contributed by atoms with E-state index in [0.717, 1.165) is 67.3 Å². The largest absolute Gasteiger partial charge is 0.450 e. The monoisotopic (exact) mass is 579 g/mol. The number of hydrogen-bond acceptors (Lipinski definition) is 3. The lowest BCUT2D eigenvalue weighted by Crippen LogP contribution is -2.15. The van der Waals surface area contributed by atoms with Crippen LogP contribution in [-0.2, 0) is 5.41 Å². The lowest BCUT2D eigenvalue weighted by atomic mass is 9.82. The van der Waals surface area contributed by atoms with Gasteiger partial charge in [-0.3, -0.25) is 4.98 Å². The number of rotatable bonds is 3. The minimum Gasteiger partial charge on any atom is -0.450 e. The second kappa shape index (κ2) is 9.67. The van der Waals surface area contributed by atoms with E-state index in [2.05, 4.69) is 140 Å². The lowest BCUT2D eigenvalue weighted by Gasteiger charge is -2.25. The number of ether oxygens (including phenoxy) is 2. The van der Waals surface area contributed by atoms with Gasteiger partial charge in [0.2, 0.25) is 0 Å². The standard InChI is InChI=1S/C42H29NO2/c1-42(2)35-15-6-5-13-33(35)34-24-39-40(25-36(34)42)44-37-21-20-29(23-38(37)45-39)31-12-4-3-11-30(31)26-16-18-27(19-17-26)32-14-7-9-28-10-8-22-43-41(28)32/h3-25H,1-2H3. The second-order valence-electron chi connectivity index (χ2n) is 12.4. The van der Waals surface area contributed by atoms with E-state index in [1.165, 1.54) is 22.3 Å². The van der Waals surface area contributed by atoms with Crippen LogP contribution < -0.4 is 9.47 Å². The summed E-state index contributed by atoms with van der Waals surface area (Å²) in [6.07, 6.45) is 1.86. The van der Waals surface area contributed by atoms with E-state index in [9.17, 15) is 0 Å². The quantitative estimate of drug-likeness (QED) is 0.209. The molecule has 1 aromatic heterocycles. The summed E-state index contributed by atoms with van der Waals surface area (Å²) in [6.45, 7) is 4.56. The molecule has 9 rings (SSSR count). The van der Waals surface area contributed by atoms with Crippen LogP contribution in [0.15, 0.2) is 140 Å². The molecule has 0 unspecified atom stereocenters. The Morgan fingerprint density at radius 2 is 1.04 bits per heavy atom. The van der Waals surface area contributed by atoms with Crippen LogP contribution in [0.5, 0.6) is 23.0 Å². The van der Waals surface area contributed by atoms with Crippen molar-refractivity contribution in [3.63, 3.8) is 0 Å². The molecule has 214 valence electrons. The normalized spacial score (nSPS) is 13.6. The van der Waals surface area contributed by atoms with Gasteiger partial charge in [-0.15, -0.1) is 0 Å². The molecule has 0 bridgehead atoms. The van der Waals surface area contributed by atoms with E-state index in [4.69, 9.17) is 9.47 Å². The van der Waals surface area contributed by atoms with Gasteiger partial charge >= 0.3 is 0 Å². The average molecular weight is 580 g/mol. The molecule has 0 amide bonds. The first-order valence-corrected chi connectivity index (χ1v) is 15.4. The Morgan fingerprint density at radius 1 is 0.444 bits per heavy atom. The predicted octanol–water partition coefficient (Wildman–Crippen LogP) is 11.4. The zero-order valence-corrected chi connectivity index (χ0v) is 25.0. The molecule has 3 heteroatoms. The van der Waals surface area contributed by atoms with Crippen LogP contribution in [0.2, 0.25) is 0 Å². The van der Waals surface area contributed by atoms with Crippen LogP contribution in [0.4, 0.5) is 0 Å². The van der Waals surface area contributed by atoms with E-state index in [1.54, 1.807) is 0 Å². The van der Waals surface area contributed by atoms with Crippen molar-refractivity contribution in [3.8, 4) is 67.5 Å². The second-order valence-corrected chi connectivity index (χ2v) is 12.4. The molecule has 1 aliphatic carbocycles. The zero-order valence-electron chi connectivity index (χ0n) is 25.0. The highest BCUT2D eigenvalue weighted by Gasteiger charge is 2.37.